The summed E-state index contributed by atoms with van der Waals surface area (Å²) < 4.78 is 0. The number of carbonyl (C=O) groups is 1. The molecule has 1 heteroatoms. The lowest BCUT2D eigenvalue weighted by atomic mass is 9.76. The van der Waals surface area contributed by atoms with Crippen LogP contribution in [0.4, 0.5) is 0 Å². The number of hydrogen-bond donors (Lipinski definition) is 0. The van der Waals surface area contributed by atoms with Crippen LogP contribution in [0.5, 0.6) is 0 Å². The first-order chi connectivity index (χ1) is 8.32. The van der Waals surface area contributed by atoms with E-state index in [-0.39, 0.29) is 11.3 Å². The van der Waals surface area contributed by atoms with Gasteiger partial charge in [0.2, 0.25) is 0 Å². The summed E-state index contributed by atoms with van der Waals surface area (Å²) in [5.41, 5.74) is 1.09. The molecule has 0 aromatic heterocycles. The molecule has 0 bridgehead atoms. The first-order valence-corrected chi connectivity index (χ1v) is 6.90. The second-order valence-electron chi connectivity index (χ2n) is 6.49. The number of carbonyl (C=O) groups excluding carboxylic acids is 1. The van der Waals surface area contributed by atoms with Crippen LogP contribution in [0.3, 0.4) is 0 Å². The monoisotopic (exact) mass is 246 g/mol. The number of rotatable bonds is 5. The molecule has 0 unspecified atom stereocenters. The largest absolute Gasteiger partial charge is 0.299 e. The van der Waals surface area contributed by atoms with Crippen LogP contribution in [-0.2, 0) is 11.2 Å². The molecule has 0 saturated heterocycles. The highest BCUT2D eigenvalue weighted by molar-refractivity contribution is 5.86. The topological polar surface area (TPSA) is 17.1 Å². The van der Waals surface area contributed by atoms with Crippen LogP contribution < -0.4 is 0 Å². The molecule has 1 aromatic rings. The van der Waals surface area contributed by atoms with Gasteiger partial charge in [0.1, 0.15) is 5.78 Å². The Morgan fingerprint density at radius 3 is 2.11 bits per heavy atom. The van der Waals surface area contributed by atoms with Crippen molar-refractivity contribution in [2.24, 2.45) is 17.3 Å². The van der Waals surface area contributed by atoms with Gasteiger partial charge in [-0.05, 0) is 24.3 Å². The normalized spacial score (nSPS) is 13.7. The van der Waals surface area contributed by atoms with Gasteiger partial charge in [-0.25, -0.2) is 0 Å². The van der Waals surface area contributed by atoms with Gasteiger partial charge in [-0.2, -0.15) is 0 Å². The maximum atomic E-state index is 12.4. The second kappa shape index (κ2) is 6.17. The number of hydrogen-bond acceptors (Lipinski definition) is 1. The van der Waals surface area contributed by atoms with Gasteiger partial charge < -0.3 is 0 Å². The fraction of sp³-hybridized carbons (Fsp3) is 0.588. The number of benzene rings is 1. The third-order valence-corrected chi connectivity index (χ3v) is 3.47. The molecule has 0 heterocycles. The molecule has 0 aliphatic heterocycles. The van der Waals surface area contributed by atoms with E-state index in [2.05, 4.69) is 38.1 Å². The molecule has 0 fully saturated rings. The molecule has 100 valence electrons. The van der Waals surface area contributed by atoms with Crippen LogP contribution in [0, 0.1) is 17.3 Å². The molecule has 0 N–H and O–H groups in total. The minimum Gasteiger partial charge on any atom is -0.299 e. The second-order valence-corrected chi connectivity index (χ2v) is 6.49. The summed E-state index contributed by atoms with van der Waals surface area (Å²) >= 11 is 0. The zero-order valence-corrected chi connectivity index (χ0v) is 12.4. The first kappa shape index (κ1) is 14.9. The molecule has 0 spiro atoms. The highest BCUT2D eigenvalue weighted by Crippen LogP contribution is 2.28. The third kappa shape index (κ3) is 4.29. The minimum atomic E-state index is -0.231. The van der Waals surface area contributed by atoms with Gasteiger partial charge in [-0.1, -0.05) is 65.0 Å². The molecule has 0 radical (unpaired) electrons. The Morgan fingerprint density at radius 1 is 1.11 bits per heavy atom. The zero-order chi connectivity index (χ0) is 13.8. The number of aryl methyl sites for hydroxylation is 1. The maximum absolute atomic E-state index is 12.4. The Balaban J connectivity index is 2.68. The van der Waals surface area contributed by atoms with Crippen molar-refractivity contribution in [2.45, 2.75) is 47.5 Å². The average Bonchev–Trinajstić information content (AvgIpc) is 2.28. The summed E-state index contributed by atoms with van der Waals surface area (Å²) in [5, 5.41) is 0. The molecular weight excluding hydrogens is 220 g/mol. The fourth-order valence-corrected chi connectivity index (χ4v) is 2.29. The summed E-state index contributed by atoms with van der Waals surface area (Å²) in [7, 11) is 0. The van der Waals surface area contributed by atoms with Crippen molar-refractivity contribution in [3.63, 3.8) is 0 Å². The Labute approximate surface area is 112 Å². The molecule has 1 nitrogen and oxygen atoms in total. The minimum absolute atomic E-state index is 0.171. The van der Waals surface area contributed by atoms with E-state index in [1.54, 1.807) is 0 Å². The number of ketones is 1. The summed E-state index contributed by atoms with van der Waals surface area (Å²) in [5.74, 6) is 0.985. The Bertz CT molecular complexity index is 370. The molecule has 0 saturated carbocycles. The van der Waals surface area contributed by atoms with Crippen molar-refractivity contribution >= 4 is 5.78 Å². The predicted octanol–water partition coefficient (Wildman–Crippen LogP) is 4.51. The lowest BCUT2D eigenvalue weighted by molar-refractivity contribution is -0.132. The number of Topliss-reactive ketones (excluding diaryl/α,β-unsaturated/α-hetero) is 1. The van der Waals surface area contributed by atoms with Gasteiger partial charge in [0.05, 0.1) is 0 Å². The van der Waals surface area contributed by atoms with Crippen molar-refractivity contribution < 1.29 is 4.79 Å². The smallest absolute Gasteiger partial charge is 0.141 e. The average molecular weight is 246 g/mol. The molecule has 1 rings (SSSR count). The Morgan fingerprint density at radius 2 is 1.67 bits per heavy atom. The predicted molar refractivity (Wildman–Crippen MR) is 77.6 cm³/mol. The molecule has 0 aliphatic carbocycles. The van der Waals surface area contributed by atoms with Crippen LogP contribution in [0.15, 0.2) is 30.3 Å². The van der Waals surface area contributed by atoms with Gasteiger partial charge >= 0.3 is 0 Å². The van der Waals surface area contributed by atoms with E-state index >= 15 is 0 Å². The van der Waals surface area contributed by atoms with Crippen LogP contribution >= 0.6 is 0 Å². The van der Waals surface area contributed by atoms with Gasteiger partial charge in [-0.3, -0.25) is 4.79 Å². The quantitative estimate of drug-likeness (QED) is 0.747. The van der Waals surface area contributed by atoms with Crippen molar-refractivity contribution in [2.75, 3.05) is 0 Å². The van der Waals surface area contributed by atoms with Crippen LogP contribution in [-0.4, -0.2) is 5.78 Å². The molecule has 0 amide bonds. The van der Waals surface area contributed by atoms with E-state index in [1.165, 1.54) is 5.56 Å². The van der Waals surface area contributed by atoms with Crippen LogP contribution in [0.1, 0.15) is 46.6 Å². The van der Waals surface area contributed by atoms with Crippen LogP contribution in [0.25, 0.3) is 0 Å². The lowest BCUT2D eigenvalue weighted by Crippen LogP contribution is -2.31. The van der Waals surface area contributed by atoms with E-state index in [1.807, 2.05) is 26.8 Å². The zero-order valence-electron chi connectivity index (χ0n) is 12.4. The van der Waals surface area contributed by atoms with Crippen molar-refractivity contribution in [1.82, 2.24) is 0 Å². The van der Waals surface area contributed by atoms with Crippen LogP contribution in [0.2, 0.25) is 0 Å². The molecule has 1 atom stereocenters. The summed E-state index contributed by atoms with van der Waals surface area (Å²) in [6.45, 7) is 10.4. The summed E-state index contributed by atoms with van der Waals surface area (Å²) in [6, 6.07) is 10.4. The Kier molecular flexibility index (Phi) is 5.13. The van der Waals surface area contributed by atoms with E-state index in [4.69, 9.17) is 0 Å². The standard InChI is InChI=1S/C17H26O/c1-13(2)15(16(18)17(3,4)5)12-11-14-9-7-6-8-10-14/h6-10,13,15H,11-12H2,1-5H3/t15-/m0/s1. The van der Waals surface area contributed by atoms with E-state index in [0.717, 1.165) is 12.8 Å². The Hall–Kier alpha value is -1.11. The van der Waals surface area contributed by atoms with Crippen molar-refractivity contribution in [1.29, 1.82) is 0 Å². The highest BCUT2D eigenvalue weighted by atomic mass is 16.1. The van der Waals surface area contributed by atoms with Crippen molar-refractivity contribution in [3.05, 3.63) is 35.9 Å². The summed E-state index contributed by atoms with van der Waals surface area (Å²) in [4.78, 5) is 12.4. The SMILES string of the molecule is CC(C)[C@H](CCc1ccccc1)C(=O)C(C)(C)C. The molecule has 1 aromatic carbocycles. The maximum Gasteiger partial charge on any atom is 0.141 e. The highest BCUT2D eigenvalue weighted by Gasteiger charge is 2.31. The molecular formula is C17H26O. The molecule has 18 heavy (non-hydrogen) atoms. The van der Waals surface area contributed by atoms with Gasteiger partial charge in [0.15, 0.2) is 0 Å². The lowest BCUT2D eigenvalue weighted by Gasteiger charge is -2.27. The first-order valence-electron chi connectivity index (χ1n) is 6.90. The van der Waals surface area contributed by atoms with Gasteiger partial charge in [0, 0.05) is 11.3 Å². The molecule has 0 aliphatic rings. The van der Waals surface area contributed by atoms with Crippen molar-refractivity contribution in [3.8, 4) is 0 Å². The van der Waals surface area contributed by atoms with Gasteiger partial charge in [0.25, 0.3) is 0 Å². The summed E-state index contributed by atoms with van der Waals surface area (Å²) in [6.07, 6.45) is 1.95. The van der Waals surface area contributed by atoms with E-state index in [9.17, 15) is 4.79 Å². The van der Waals surface area contributed by atoms with E-state index < -0.39 is 0 Å². The van der Waals surface area contributed by atoms with E-state index in [0.29, 0.717) is 11.7 Å². The fourth-order valence-electron chi connectivity index (χ4n) is 2.29. The van der Waals surface area contributed by atoms with Gasteiger partial charge in [-0.15, -0.1) is 0 Å². The third-order valence-electron chi connectivity index (χ3n) is 3.47.